The van der Waals surface area contributed by atoms with Crippen LogP contribution >= 0.6 is 0 Å². The number of nitrogens with zero attached hydrogens (tertiary/aromatic N) is 3. The van der Waals surface area contributed by atoms with E-state index in [2.05, 4.69) is 58.2 Å². The second-order valence-corrected chi connectivity index (χ2v) is 5.12. The number of hydrogen-bond donors (Lipinski definition) is 1. The SMILES string of the molecule is CCC1NCCn2c1nnc2C(C)c1ccccc1. The number of fused-ring (bicyclic) bond motifs is 1. The maximum atomic E-state index is 4.45. The molecule has 3 rings (SSSR count). The van der Waals surface area contributed by atoms with Gasteiger partial charge in [-0.3, -0.25) is 0 Å². The van der Waals surface area contributed by atoms with Crippen molar-refractivity contribution in [3.63, 3.8) is 0 Å². The van der Waals surface area contributed by atoms with E-state index < -0.39 is 0 Å². The first kappa shape index (κ1) is 12.4. The molecule has 0 saturated heterocycles. The molecule has 19 heavy (non-hydrogen) atoms. The third-order valence-electron chi connectivity index (χ3n) is 3.94. The molecular weight excluding hydrogens is 236 g/mol. The number of rotatable bonds is 3. The molecule has 2 unspecified atom stereocenters. The first-order chi connectivity index (χ1) is 9.31. The number of benzene rings is 1. The first-order valence-electron chi connectivity index (χ1n) is 7.02. The molecule has 0 amide bonds. The van der Waals surface area contributed by atoms with E-state index in [-0.39, 0.29) is 5.92 Å². The van der Waals surface area contributed by atoms with Crippen LogP contribution in [0, 0.1) is 0 Å². The number of aromatic nitrogens is 3. The molecule has 2 aromatic rings. The standard InChI is InChI=1S/C15H20N4/c1-3-13-15-18-17-14(19(15)10-9-16-13)11(2)12-7-5-4-6-8-12/h4-8,11,13,16H,3,9-10H2,1-2H3. The Hall–Kier alpha value is -1.68. The first-order valence-corrected chi connectivity index (χ1v) is 7.02. The molecule has 1 aliphatic heterocycles. The normalized spacial score (nSPS) is 20.0. The molecule has 1 aromatic heterocycles. The third kappa shape index (κ3) is 2.16. The van der Waals surface area contributed by atoms with Crippen LogP contribution in [0.2, 0.25) is 0 Å². The van der Waals surface area contributed by atoms with Crippen molar-refractivity contribution in [3.05, 3.63) is 47.5 Å². The molecule has 100 valence electrons. The minimum atomic E-state index is 0.290. The van der Waals surface area contributed by atoms with E-state index in [9.17, 15) is 0 Å². The second-order valence-electron chi connectivity index (χ2n) is 5.12. The molecule has 2 atom stereocenters. The molecule has 0 fully saturated rings. The van der Waals surface area contributed by atoms with Crippen molar-refractivity contribution in [3.8, 4) is 0 Å². The minimum Gasteiger partial charge on any atom is -0.312 e. The number of hydrogen-bond acceptors (Lipinski definition) is 3. The summed E-state index contributed by atoms with van der Waals surface area (Å²) < 4.78 is 2.29. The molecule has 4 nitrogen and oxygen atoms in total. The zero-order valence-corrected chi connectivity index (χ0v) is 11.5. The maximum absolute atomic E-state index is 4.45. The van der Waals surface area contributed by atoms with Crippen LogP contribution in [0.4, 0.5) is 0 Å². The van der Waals surface area contributed by atoms with E-state index in [0.29, 0.717) is 6.04 Å². The lowest BCUT2D eigenvalue weighted by Crippen LogP contribution is -2.34. The van der Waals surface area contributed by atoms with Gasteiger partial charge in [0.25, 0.3) is 0 Å². The van der Waals surface area contributed by atoms with Crippen molar-refractivity contribution in [2.45, 2.75) is 38.8 Å². The van der Waals surface area contributed by atoms with E-state index in [4.69, 9.17) is 0 Å². The van der Waals surface area contributed by atoms with Crippen LogP contribution < -0.4 is 5.32 Å². The summed E-state index contributed by atoms with van der Waals surface area (Å²) in [4.78, 5) is 0. The molecule has 0 radical (unpaired) electrons. The van der Waals surface area contributed by atoms with Gasteiger partial charge in [-0.15, -0.1) is 10.2 Å². The van der Waals surface area contributed by atoms with E-state index >= 15 is 0 Å². The van der Waals surface area contributed by atoms with Crippen molar-refractivity contribution in [1.82, 2.24) is 20.1 Å². The summed E-state index contributed by atoms with van der Waals surface area (Å²) in [6.45, 7) is 6.35. The fourth-order valence-electron chi connectivity index (χ4n) is 2.79. The van der Waals surface area contributed by atoms with Gasteiger partial charge < -0.3 is 9.88 Å². The Morgan fingerprint density at radius 1 is 1.32 bits per heavy atom. The van der Waals surface area contributed by atoms with Crippen LogP contribution in [0.25, 0.3) is 0 Å². The Morgan fingerprint density at radius 3 is 2.84 bits per heavy atom. The highest BCUT2D eigenvalue weighted by Crippen LogP contribution is 2.26. The summed E-state index contributed by atoms with van der Waals surface area (Å²) in [6.07, 6.45) is 1.05. The predicted octanol–water partition coefficient (Wildman–Crippen LogP) is 2.48. The molecule has 1 N–H and O–H groups in total. The Labute approximate surface area is 113 Å². The van der Waals surface area contributed by atoms with Gasteiger partial charge in [-0.1, -0.05) is 44.2 Å². The van der Waals surface area contributed by atoms with Gasteiger partial charge in [-0.2, -0.15) is 0 Å². The van der Waals surface area contributed by atoms with Crippen molar-refractivity contribution in [2.24, 2.45) is 0 Å². The lowest BCUT2D eigenvalue weighted by atomic mass is 10.0. The van der Waals surface area contributed by atoms with Crippen molar-refractivity contribution in [1.29, 1.82) is 0 Å². The van der Waals surface area contributed by atoms with E-state index in [1.165, 1.54) is 5.56 Å². The highest BCUT2D eigenvalue weighted by atomic mass is 15.3. The highest BCUT2D eigenvalue weighted by molar-refractivity contribution is 5.25. The summed E-state index contributed by atoms with van der Waals surface area (Å²) in [7, 11) is 0. The smallest absolute Gasteiger partial charge is 0.150 e. The van der Waals surface area contributed by atoms with Crippen molar-refractivity contribution >= 4 is 0 Å². The van der Waals surface area contributed by atoms with Gasteiger partial charge in [0.1, 0.15) is 11.6 Å². The lowest BCUT2D eigenvalue weighted by molar-refractivity contribution is 0.398. The summed E-state index contributed by atoms with van der Waals surface area (Å²) in [5.41, 5.74) is 1.30. The zero-order valence-electron chi connectivity index (χ0n) is 11.5. The Morgan fingerprint density at radius 2 is 2.11 bits per heavy atom. The highest BCUT2D eigenvalue weighted by Gasteiger charge is 2.25. The van der Waals surface area contributed by atoms with Crippen LogP contribution in [0.5, 0.6) is 0 Å². The third-order valence-corrected chi connectivity index (χ3v) is 3.94. The maximum Gasteiger partial charge on any atom is 0.150 e. The largest absolute Gasteiger partial charge is 0.312 e. The molecule has 0 saturated carbocycles. The summed E-state index contributed by atoms with van der Waals surface area (Å²) >= 11 is 0. The molecule has 1 aromatic carbocycles. The Balaban J connectivity index is 1.96. The molecule has 0 aliphatic carbocycles. The van der Waals surface area contributed by atoms with Crippen LogP contribution in [0.3, 0.4) is 0 Å². The predicted molar refractivity (Wildman–Crippen MR) is 75.0 cm³/mol. The minimum absolute atomic E-state index is 0.290. The van der Waals surface area contributed by atoms with Gasteiger partial charge in [-0.05, 0) is 12.0 Å². The van der Waals surface area contributed by atoms with Gasteiger partial charge in [-0.25, -0.2) is 0 Å². The summed E-state index contributed by atoms with van der Waals surface area (Å²) in [5, 5.41) is 12.3. The van der Waals surface area contributed by atoms with Crippen molar-refractivity contribution < 1.29 is 0 Å². The van der Waals surface area contributed by atoms with Crippen LogP contribution in [0.1, 0.15) is 49.4 Å². The Bertz CT molecular complexity index is 547. The molecular formula is C15H20N4. The van der Waals surface area contributed by atoms with Gasteiger partial charge in [0, 0.05) is 19.0 Å². The van der Waals surface area contributed by atoms with Gasteiger partial charge in [0.15, 0.2) is 0 Å². The van der Waals surface area contributed by atoms with Crippen LogP contribution in [-0.2, 0) is 6.54 Å². The molecule has 2 heterocycles. The van der Waals surface area contributed by atoms with Gasteiger partial charge >= 0.3 is 0 Å². The monoisotopic (exact) mass is 256 g/mol. The quantitative estimate of drug-likeness (QED) is 0.917. The number of nitrogens with one attached hydrogen (secondary N) is 1. The average molecular weight is 256 g/mol. The van der Waals surface area contributed by atoms with Gasteiger partial charge in [0.2, 0.25) is 0 Å². The van der Waals surface area contributed by atoms with Crippen molar-refractivity contribution in [2.75, 3.05) is 6.54 Å². The van der Waals surface area contributed by atoms with Crippen LogP contribution in [-0.4, -0.2) is 21.3 Å². The fourth-order valence-corrected chi connectivity index (χ4v) is 2.79. The van der Waals surface area contributed by atoms with E-state index in [0.717, 1.165) is 31.2 Å². The fraction of sp³-hybridized carbons (Fsp3) is 0.467. The Kier molecular flexibility index (Phi) is 3.34. The summed E-state index contributed by atoms with van der Waals surface area (Å²) in [6, 6.07) is 10.9. The topological polar surface area (TPSA) is 42.7 Å². The lowest BCUT2D eigenvalue weighted by Gasteiger charge is -2.25. The van der Waals surface area contributed by atoms with E-state index in [1.807, 2.05) is 6.07 Å². The molecule has 0 bridgehead atoms. The second kappa shape index (κ2) is 5.13. The van der Waals surface area contributed by atoms with Crippen LogP contribution in [0.15, 0.2) is 30.3 Å². The molecule has 1 aliphatic rings. The molecule has 0 spiro atoms. The zero-order chi connectivity index (χ0) is 13.2. The van der Waals surface area contributed by atoms with E-state index in [1.54, 1.807) is 0 Å². The molecule has 4 heteroatoms. The average Bonchev–Trinajstić information content (AvgIpc) is 2.91. The summed E-state index contributed by atoms with van der Waals surface area (Å²) in [5.74, 6) is 2.46. The van der Waals surface area contributed by atoms with Gasteiger partial charge in [0.05, 0.1) is 6.04 Å².